The van der Waals surface area contributed by atoms with Crippen LogP contribution < -0.4 is 4.74 Å². The molecule has 1 heterocycles. The van der Waals surface area contributed by atoms with E-state index in [1.807, 2.05) is 52.0 Å². The van der Waals surface area contributed by atoms with Crippen LogP contribution >= 0.6 is 12.2 Å². The van der Waals surface area contributed by atoms with Gasteiger partial charge in [0.05, 0.1) is 6.21 Å². The number of aromatic amines is 1. The van der Waals surface area contributed by atoms with Crippen molar-refractivity contribution in [3.05, 3.63) is 68.7 Å². The highest BCUT2D eigenvalue weighted by molar-refractivity contribution is 7.71. The molecule has 0 radical (unpaired) electrons. The van der Waals surface area contributed by atoms with Crippen LogP contribution in [0.25, 0.3) is 0 Å². The third-order valence-corrected chi connectivity index (χ3v) is 4.50. The van der Waals surface area contributed by atoms with Crippen molar-refractivity contribution in [1.82, 2.24) is 14.9 Å². The average Bonchev–Trinajstić information content (AvgIpc) is 2.97. The maximum absolute atomic E-state index is 9.89. The van der Waals surface area contributed by atoms with Crippen molar-refractivity contribution in [1.29, 1.82) is 0 Å². The molecule has 0 spiro atoms. The van der Waals surface area contributed by atoms with E-state index in [1.165, 1.54) is 10.2 Å². The Morgan fingerprint density at radius 2 is 1.85 bits per heavy atom. The molecule has 0 unspecified atom stereocenters. The molecule has 0 fully saturated rings. The third-order valence-electron chi connectivity index (χ3n) is 4.24. The highest BCUT2D eigenvalue weighted by Gasteiger charge is 2.08. The number of aromatic nitrogens is 3. The number of rotatable bonds is 5. The summed E-state index contributed by atoms with van der Waals surface area (Å²) in [6.07, 6.45) is 1.69. The number of aromatic hydroxyl groups is 1. The van der Waals surface area contributed by atoms with Gasteiger partial charge in [0.15, 0.2) is 5.82 Å². The number of benzene rings is 2. The number of phenols is 1. The van der Waals surface area contributed by atoms with Crippen molar-refractivity contribution in [2.75, 3.05) is 0 Å². The minimum atomic E-state index is 0.238. The molecule has 6 nitrogen and oxygen atoms in total. The van der Waals surface area contributed by atoms with Gasteiger partial charge >= 0.3 is 0 Å². The van der Waals surface area contributed by atoms with E-state index in [0.29, 0.717) is 16.3 Å². The molecule has 7 heteroatoms. The second kappa shape index (κ2) is 7.75. The van der Waals surface area contributed by atoms with Crippen molar-refractivity contribution in [2.45, 2.75) is 34.3 Å². The lowest BCUT2D eigenvalue weighted by Crippen LogP contribution is -2.05. The second-order valence-electron chi connectivity index (χ2n) is 6.56. The van der Waals surface area contributed by atoms with E-state index in [0.717, 1.165) is 28.0 Å². The number of ether oxygens (including phenoxy) is 1. The summed E-state index contributed by atoms with van der Waals surface area (Å²) in [6, 6.07) is 9.75. The molecule has 3 rings (SSSR count). The van der Waals surface area contributed by atoms with Crippen molar-refractivity contribution >= 4 is 18.4 Å². The van der Waals surface area contributed by atoms with Gasteiger partial charge in [-0.25, -0.2) is 5.10 Å². The van der Waals surface area contributed by atoms with Crippen LogP contribution in [0, 0.1) is 32.5 Å². The van der Waals surface area contributed by atoms with Crippen molar-refractivity contribution < 1.29 is 9.84 Å². The number of phenolic OH excluding ortho intramolecular Hbond substituents is 1. The van der Waals surface area contributed by atoms with E-state index < -0.39 is 0 Å². The molecule has 0 aliphatic carbocycles. The summed E-state index contributed by atoms with van der Waals surface area (Å²) in [7, 11) is 0. The first-order chi connectivity index (χ1) is 12.8. The molecule has 0 aliphatic rings. The van der Waals surface area contributed by atoms with Crippen LogP contribution in [-0.4, -0.2) is 26.2 Å². The molecule has 0 saturated heterocycles. The van der Waals surface area contributed by atoms with E-state index >= 15 is 0 Å². The summed E-state index contributed by atoms with van der Waals surface area (Å²) in [5.74, 6) is 1.67. The Bertz CT molecular complexity index is 1040. The Labute approximate surface area is 163 Å². The summed E-state index contributed by atoms with van der Waals surface area (Å²) in [5.41, 5.74) is 4.71. The lowest BCUT2D eigenvalue weighted by Gasteiger charge is -2.09. The lowest BCUT2D eigenvalue weighted by molar-refractivity contribution is 0.288. The van der Waals surface area contributed by atoms with Gasteiger partial charge in [-0.15, -0.1) is 0 Å². The summed E-state index contributed by atoms with van der Waals surface area (Å²) < 4.78 is 7.81. The molecule has 0 bridgehead atoms. The quantitative estimate of drug-likeness (QED) is 0.508. The Kier molecular flexibility index (Phi) is 5.41. The van der Waals surface area contributed by atoms with Gasteiger partial charge in [-0.05, 0) is 80.4 Å². The first-order valence-electron chi connectivity index (χ1n) is 8.56. The van der Waals surface area contributed by atoms with Crippen molar-refractivity contribution in [2.24, 2.45) is 5.10 Å². The maximum atomic E-state index is 9.89. The molecule has 3 aromatic rings. The molecular formula is C20H22N4O2S. The number of aryl methyl sites for hydroxylation is 4. The molecular weight excluding hydrogens is 360 g/mol. The van der Waals surface area contributed by atoms with Gasteiger partial charge in [-0.3, -0.25) is 0 Å². The SMILES string of the molecule is Cc1ccc(OCc2n[nH]c(=S)n2/N=C/c2cc(C)c(O)c(C)c2)c(C)c1. The maximum Gasteiger partial charge on any atom is 0.216 e. The van der Waals surface area contributed by atoms with Crippen LogP contribution in [0.2, 0.25) is 0 Å². The number of hydrogen-bond acceptors (Lipinski definition) is 5. The Hall–Kier alpha value is -2.93. The minimum Gasteiger partial charge on any atom is -0.507 e. The van der Waals surface area contributed by atoms with Crippen LogP contribution in [-0.2, 0) is 6.61 Å². The van der Waals surface area contributed by atoms with Crippen LogP contribution in [0.3, 0.4) is 0 Å². The van der Waals surface area contributed by atoms with Crippen LogP contribution in [0.15, 0.2) is 35.4 Å². The number of nitrogens with one attached hydrogen (secondary N) is 1. The molecule has 2 N–H and O–H groups in total. The molecule has 0 saturated carbocycles. The first-order valence-corrected chi connectivity index (χ1v) is 8.97. The molecule has 1 aromatic heterocycles. The predicted octanol–water partition coefficient (Wildman–Crippen LogP) is 4.34. The Morgan fingerprint density at radius 1 is 1.15 bits per heavy atom. The van der Waals surface area contributed by atoms with E-state index in [1.54, 1.807) is 6.21 Å². The number of H-pyrrole nitrogens is 1. The van der Waals surface area contributed by atoms with Crippen LogP contribution in [0.5, 0.6) is 11.5 Å². The number of nitrogens with zero attached hydrogens (tertiary/aromatic N) is 3. The van der Waals surface area contributed by atoms with Gasteiger partial charge in [-0.1, -0.05) is 17.7 Å². The Balaban J connectivity index is 1.81. The number of hydrogen-bond donors (Lipinski definition) is 2. The van der Waals surface area contributed by atoms with Gasteiger partial charge in [0.2, 0.25) is 4.77 Å². The first kappa shape index (κ1) is 18.8. The van der Waals surface area contributed by atoms with Gasteiger partial charge in [-0.2, -0.15) is 14.9 Å². The predicted molar refractivity (Wildman–Crippen MR) is 108 cm³/mol. The molecule has 27 heavy (non-hydrogen) atoms. The minimum absolute atomic E-state index is 0.238. The zero-order valence-corrected chi connectivity index (χ0v) is 16.6. The highest BCUT2D eigenvalue weighted by Crippen LogP contribution is 2.22. The summed E-state index contributed by atoms with van der Waals surface area (Å²) in [5, 5.41) is 21.3. The van der Waals surface area contributed by atoms with Crippen LogP contribution in [0.4, 0.5) is 0 Å². The van der Waals surface area contributed by atoms with Gasteiger partial charge in [0.1, 0.15) is 18.1 Å². The molecule has 0 atom stereocenters. The van der Waals surface area contributed by atoms with E-state index in [9.17, 15) is 5.11 Å². The zero-order chi connectivity index (χ0) is 19.6. The molecule has 0 aliphatic heterocycles. The zero-order valence-electron chi connectivity index (χ0n) is 15.8. The monoisotopic (exact) mass is 382 g/mol. The normalized spacial score (nSPS) is 11.3. The fourth-order valence-corrected chi connectivity index (χ4v) is 3.03. The van der Waals surface area contributed by atoms with Gasteiger partial charge in [0.25, 0.3) is 0 Å². The largest absolute Gasteiger partial charge is 0.507 e. The van der Waals surface area contributed by atoms with E-state index in [4.69, 9.17) is 17.0 Å². The van der Waals surface area contributed by atoms with E-state index in [2.05, 4.69) is 21.4 Å². The summed E-state index contributed by atoms with van der Waals surface area (Å²) in [4.78, 5) is 0. The van der Waals surface area contributed by atoms with Gasteiger partial charge in [0, 0.05) is 0 Å². The topological polar surface area (TPSA) is 75.4 Å². The Morgan fingerprint density at radius 3 is 2.52 bits per heavy atom. The standard InChI is InChI=1S/C20H22N4O2S/c1-12-5-6-17(13(2)7-12)26-11-18-22-23-20(27)24(18)21-10-16-8-14(3)19(25)15(4)9-16/h5-10,25H,11H2,1-4H3,(H,23,27)/b21-10+. The fraction of sp³-hybridized carbons (Fsp3) is 0.250. The van der Waals surface area contributed by atoms with Crippen molar-refractivity contribution in [3.63, 3.8) is 0 Å². The third kappa shape index (κ3) is 4.25. The van der Waals surface area contributed by atoms with Crippen LogP contribution in [0.1, 0.15) is 33.6 Å². The average molecular weight is 382 g/mol. The second-order valence-corrected chi connectivity index (χ2v) is 6.95. The molecule has 2 aromatic carbocycles. The molecule has 140 valence electrons. The van der Waals surface area contributed by atoms with E-state index in [-0.39, 0.29) is 6.61 Å². The summed E-state index contributed by atoms with van der Waals surface area (Å²) >= 11 is 5.27. The van der Waals surface area contributed by atoms with Gasteiger partial charge < -0.3 is 9.84 Å². The van der Waals surface area contributed by atoms with Crippen molar-refractivity contribution in [3.8, 4) is 11.5 Å². The fourth-order valence-electron chi connectivity index (χ4n) is 2.83. The smallest absolute Gasteiger partial charge is 0.216 e. The molecule has 0 amide bonds. The summed E-state index contributed by atoms with van der Waals surface area (Å²) in [6.45, 7) is 8.00. The highest BCUT2D eigenvalue weighted by atomic mass is 32.1. The lowest BCUT2D eigenvalue weighted by atomic mass is 10.1.